The predicted octanol–water partition coefficient (Wildman–Crippen LogP) is 0.473. The Hall–Kier alpha value is -1.67. The molecule has 1 aliphatic rings. The molecule has 1 aromatic rings. The predicted molar refractivity (Wildman–Crippen MR) is 69.1 cm³/mol. The smallest absolute Gasteiger partial charge is 0.260 e. The van der Waals surface area contributed by atoms with Crippen molar-refractivity contribution in [1.29, 1.82) is 0 Å². The van der Waals surface area contributed by atoms with Crippen molar-refractivity contribution >= 4 is 15.9 Å². The van der Waals surface area contributed by atoms with Crippen LogP contribution in [0.1, 0.15) is 12.8 Å². The molecule has 8 heteroatoms. The lowest BCUT2D eigenvalue weighted by Crippen LogP contribution is -2.33. The molecule has 1 amide bonds. The van der Waals surface area contributed by atoms with Crippen molar-refractivity contribution in [2.75, 3.05) is 13.7 Å². The molecule has 0 aliphatic heterocycles. The highest BCUT2D eigenvalue weighted by molar-refractivity contribution is 7.89. The van der Waals surface area contributed by atoms with Crippen molar-refractivity contribution in [2.45, 2.75) is 23.8 Å². The van der Waals surface area contributed by atoms with Gasteiger partial charge in [0.1, 0.15) is 0 Å². The van der Waals surface area contributed by atoms with E-state index in [1.165, 1.54) is 0 Å². The highest BCUT2D eigenvalue weighted by Crippen LogP contribution is 2.25. The van der Waals surface area contributed by atoms with E-state index in [1.807, 2.05) is 0 Å². The van der Waals surface area contributed by atoms with Gasteiger partial charge in [-0.2, -0.15) is 0 Å². The zero-order chi connectivity index (χ0) is 14.9. The van der Waals surface area contributed by atoms with Crippen LogP contribution in [0.5, 0.6) is 5.75 Å². The van der Waals surface area contributed by atoms with Gasteiger partial charge >= 0.3 is 0 Å². The minimum Gasteiger partial charge on any atom is -0.481 e. The number of hydrogen-bond acceptors (Lipinski definition) is 4. The standard InChI is InChI=1S/C12H15FN2O4S/c1-15(8-2-3-8)12(16)7-19-11-5-4-9(6-10(11)13)20(14,17)18/h4-6,8H,2-3,7H2,1H3,(H2,14,17,18). The molecule has 0 unspecified atom stereocenters. The second kappa shape index (κ2) is 5.37. The minimum absolute atomic E-state index is 0.185. The first-order valence-corrected chi connectivity index (χ1v) is 7.54. The molecule has 0 bridgehead atoms. The zero-order valence-corrected chi connectivity index (χ0v) is 11.7. The molecule has 2 rings (SSSR count). The molecular weight excluding hydrogens is 287 g/mol. The van der Waals surface area contributed by atoms with Crippen molar-refractivity contribution in [1.82, 2.24) is 4.90 Å². The SMILES string of the molecule is CN(C(=O)COc1ccc(S(N)(=O)=O)cc1F)C1CC1. The maximum Gasteiger partial charge on any atom is 0.260 e. The number of hydrogen-bond donors (Lipinski definition) is 1. The first-order chi connectivity index (χ1) is 9.29. The molecule has 0 atom stereocenters. The van der Waals surface area contributed by atoms with Gasteiger partial charge in [0.25, 0.3) is 5.91 Å². The summed E-state index contributed by atoms with van der Waals surface area (Å²) in [7, 11) is -2.29. The number of carbonyl (C=O) groups excluding carboxylic acids is 1. The molecule has 0 heterocycles. The van der Waals surface area contributed by atoms with Crippen molar-refractivity contribution in [3.8, 4) is 5.75 Å². The topological polar surface area (TPSA) is 89.7 Å². The number of rotatable bonds is 5. The fourth-order valence-electron chi connectivity index (χ4n) is 1.68. The Morgan fingerprint density at radius 2 is 2.15 bits per heavy atom. The quantitative estimate of drug-likeness (QED) is 0.856. The number of likely N-dealkylation sites (N-methyl/N-ethyl adjacent to an activating group) is 1. The van der Waals surface area contributed by atoms with E-state index in [4.69, 9.17) is 9.88 Å². The largest absolute Gasteiger partial charge is 0.481 e. The maximum atomic E-state index is 13.6. The molecule has 1 fully saturated rings. The van der Waals surface area contributed by atoms with Crippen LogP contribution in [0.15, 0.2) is 23.1 Å². The van der Waals surface area contributed by atoms with Crippen LogP contribution in [-0.4, -0.2) is 38.9 Å². The molecule has 6 nitrogen and oxygen atoms in total. The summed E-state index contributed by atoms with van der Waals surface area (Å²) in [4.78, 5) is 12.9. The van der Waals surface area contributed by atoms with Gasteiger partial charge in [-0.3, -0.25) is 4.79 Å². The summed E-state index contributed by atoms with van der Waals surface area (Å²) in [6.45, 7) is -0.293. The number of primary sulfonamides is 1. The zero-order valence-electron chi connectivity index (χ0n) is 10.9. The van der Waals surface area contributed by atoms with E-state index in [-0.39, 0.29) is 29.2 Å². The minimum atomic E-state index is -3.96. The van der Waals surface area contributed by atoms with Gasteiger partial charge in [0.05, 0.1) is 4.90 Å². The van der Waals surface area contributed by atoms with E-state index in [2.05, 4.69) is 0 Å². The number of carbonyl (C=O) groups is 1. The Morgan fingerprint density at radius 3 is 2.65 bits per heavy atom. The monoisotopic (exact) mass is 302 g/mol. The van der Waals surface area contributed by atoms with Crippen molar-refractivity contribution in [3.63, 3.8) is 0 Å². The number of nitrogens with zero attached hydrogens (tertiary/aromatic N) is 1. The van der Waals surface area contributed by atoms with Gasteiger partial charge in [-0.15, -0.1) is 0 Å². The lowest BCUT2D eigenvalue weighted by Gasteiger charge is -2.16. The van der Waals surface area contributed by atoms with Crippen LogP contribution in [0.25, 0.3) is 0 Å². The Kier molecular flexibility index (Phi) is 3.96. The summed E-state index contributed by atoms with van der Waals surface area (Å²) in [6.07, 6.45) is 1.94. The molecule has 0 aromatic heterocycles. The normalized spacial score (nSPS) is 14.9. The molecule has 0 radical (unpaired) electrons. The first-order valence-electron chi connectivity index (χ1n) is 6.00. The van der Waals surface area contributed by atoms with E-state index in [1.54, 1.807) is 11.9 Å². The number of nitrogens with two attached hydrogens (primary N) is 1. The molecule has 110 valence electrons. The van der Waals surface area contributed by atoms with Gasteiger partial charge in [0, 0.05) is 13.1 Å². The highest BCUT2D eigenvalue weighted by Gasteiger charge is 2.29. The molecule has 1 saturated carbocycles. The molecule has 2 N–H and O–H groups in total. The summed E-state index contributed by atoms with van der Waals surface area (Å²) >= 11 is 0. The third-order valence-electron chi connectivity index (χ3n) is 3.07. The Balaban J connectivity index is 2.01. The lowest BCUT2D eigenvalue weighted by molar-refractivity contribution is -0.132. The summed E-state index contributed by atoms with van der Waals surface area (Å²) in [5, 5.41) is 4.88. The van der Waals surface area contributed by atoms with Gasteiger partial charge in [0.15, 0.2) is 18.2 Å². The van der Waals surface area contributed by atoms with Crippen molar-refractivity contribution in [2.24, 2.45) is 5.14 Å². The number of sulfonamides is 1. The summed E-state index contributed by atoms with van der Waals surface area (Å²) < 4.78 is 40.8. The Morgan fingerprint density at radius 1 is 1.50 bits per heavy atom. The van der Waals surface area contributed by atoms with Crippen LogP contribution in [0, 0.1) is 5.82 Å². The summed E-state index contributed by atoms with van der Waals surface area (Å²) in [5.74, 6) is -1.31. The molecule has 20 heavy (non-hydrogen) atoms. The van der Waals surface area contributed by atoms with E-state index in [9.17, 15) is 17.6 Å². The third-order valence-corrected chi connectivity index (χ3v) is 3.98. The maximum absolute atomic E-state index is 13.6. The second-order valence-electron chi connectivity index (χ2n) is 4.66. The van der Waals surface area contributed by atoms with E-state index >= 15 is 0 Å². The first kappa shape index (κ1) is 14.7. The van der Waals surface area contributed by atoms with Crippen LogP contribution in [-0.2, 0) is 14.8 Å². The molecule has 1 aliphatic carbocycles. The van der Waals surface area contributed by atoms with Crippen molar-refractivity contribution < 1.29 is 22.3 Å². The van der Waals surface area contributed by atoms with Crippen LogP contribution in [0.2, 0.25) is 0 Å². The van der Waals surface area contributed by atoms with Crippen LogP contribution >= 0.6 is 0 Å². The summed E-state index contributed by atoms with van der Waals surface area (Å²) in [5.41, 5.74) is 0. The third kappa shape index (κ3) is 3.45. The second-order valence-corrected chi connectivity index (χ2v) is 6.22. The van der Waals surface area contributed by atoms with Gasteiger partial charge in [0.2, 0.25) is 10.0 Å². The van der Waals surface area contributed by atoms with Gasteiger partial charge in [-0.25, -0.2) is 17.9 Å². The van der Waals surface area contributed by atoms with Crippen LogP contribution in [0.4, 0.5) is 4.39 Å². The fraction of sp³-hybridized carbons (Fsp3) is 0.417. The van der Waals surface area contributed by atoms with E-state index < -0.39 is 15.8 Å². The Labute approximate surface area is 116 Å². The van der Waals surface area contributed by atoms with Crippen LogP contribution < -0.4 is 9.88 Å². The molecule has 1 aromatic carbocycles. The number of halogens is 1. The Bertz CT molecular complexity index is 628. The average Bonchev–Trinajstić information content (AvgIpc) is 3.19. The highest BCUT2D eigenvalue weighted by atomic mass is 32.2. The average molecular weight is 302 g/mol. The molecule has 0 saturated heterocycles. The molecule has 0 spiro atoms. The fourth-order valence-corrected chi connectivity index (χ4v) is 2.21. The van der Waals surface area contributed by atoms with E-state index in [0.29, 0.717) is 0 Å². The lowest BCUT2D eigenvalue weighted by atomic mass is 10.3. The van der Waals surface area contributed by atoms with Gasteiger partial charge in [-0.05, 0) is 31.0 Å². The van der Waals surface area contributed by atoms with Crippen LogP contribution in [0.3, 0.4) is 0 Å². The van der Waals surface area contributed by atoms with Gasteiger partial charge < -0.3 is 9.64 Å². The van der Waals surface area contributed by atoms with Crippen molar-refractivity contribution in [3.05, 3.63) is 24.0 Å². The summed E-state index contributed by atoms with van der Waals surface area (Å²) in [6, 6.07) is 3.28. The number of benzene rings is 1. The number of amides is 1. The molecular formula is C12H15FN2O4S. The van der Waals surface area contributed by atoms with E-state index in [0.717, 1.165) is 31.0 Å². The van der Waals surface area contributed by atoms with Gasteiger partial charge in [-0.1, -0.05) is 0 Å². The number of ether oxygens (including phenoxy) is 1.